The predicted octanol–water partition coefficient (Wildman–Crippen LogP) is 1.78. The van der Waals surface area contributed by atoms with Gasteiger partial charge >= 0.3 is 0 Å². The van der Waals surface area contributed by atoms with Gasteiger partial charge in [0.2, 0.25) is 5.91 Å². The van der Waals surface area contributed by atoms with E-state index in [1.807, 2.05) is 30.0 Å². The number of benzene rings is 2. The quantitative estimate of drug-likeness (QED) is 0.646. The summed E-state index contributed by atoms with van der Waals surface area (Å²) in [6.45, 7) is 2.90. The van der Waals surface area contributed by atoms with E-state index in [0.29, 0.717) is 23.5 Å². The predicted molar refractivity (Wildman–Crippen MR) is 115 cm³/mol. The van der Waals surface area contributed by atoms with E-state index in [1.165, 1.54) is 0 Å². The van der Waals surface area contributed by atoms with Crippen LogP contribution in [0, 0.1) is 0 Å². The topological polar surface area (TPSA) is 99.8 Å². The van der Waals surface area contributed by atoms with Crippen molar-refractivity contribution in [3.05, 3.63) is 54.1 Å². The molecule has 3 rings (SSSR count). The number of nitrogens with zero attached hydrogens (tertiary/aromatic N) is 1. The lowest BCUT2D eigenvalue weighted by molar-refractivity contribution is -0.128. The highest BCUT2D eigenvalue weighted by Gasteiger charge is 2.31. The molecule has 0 unspecified atom stereocenters. The fourth-order valence-electron chi connectivity index (χ4n) is 3.18. The van der Waals surface area contributed by atoms with Crippen LogP contribution in [0.25, 0.3) is 0 Å². The van der Waals surface area contributed by atoms with Crippen LogP contribution >= 0.6 is 0 Å². The molecule has 0 aromatic heterocycles. The summed E-state index contributed by atoms with van der Waals surface area (Å²) in [4.78, 5) is 38.5. The zero-order valence-corrected chi connectivity index (χ0v) is 17.1. The Balaban J connectivity index is 1.68. The second-order valence-corrected chi connectivity index (χ2v) is 6.95. The van der Waals surface area contributed by atoms with Gasteiger partial charge in [0.1, 0.15) is 5.75 Å². The van der Waals surface area contributed by atoms with E-state index in [9.17, 15) is 14.4 Å². The number of nitrogens with one attached hydrogen (secondary N) is 3. The number of ether oxygens (including phenoxy) is 1. The van der Waals surface area contributed by atoms with Crippen molar-refractivity contribution in [2.75, 3.05) is 36.9 Å². The largest absolute Gasteiger partial charge is 0.477 e. The highest BCUT2D eigenvalue weighted by molar-refractivity contribution is 5.97. The lowest BCUT2D eigenvalue weighted by atomic mass is 10.1. The van der Waals surface area contributed by atoms with Gasteiger partial charge < -0.3 is 25.6 Å². The first-order valence-electron chi connectivity index (χ1n) is 9.92. The van der Waals surface area contributed by atoms with Crippen LogP contribution < -0.4 is 25.6 Å². The number of rotatable bonds is 7. The van der Waals surface area contributed by atoms with E-state index < -0.39 is 6.10 Å². The molecule has 2 aromatic rings. The Labute approximate surface area is 175 Å². The number of hydrogen-bond acceptors (Lipinski definition) is 5. The fourth-order valence-corrected chi connectivity index (χ4v) is 3.18. The third kappa shape index (κ3) is 5.08. The van der Waals surface area contributed by atoms with Gasteiger partial charge in [0.25, 0.3) is 11.8 Å². The van der Waals surface area contributed by atoms with Crippen molar-refractivity contribution in [2.24, 2.45) is 0 Å². The Morgan fingerprint density at radius 1 is 1.10 bits per heavy atom. The van der Waals surface area contributed by atoms with Crippen LogP contribution in [-0.4, -0.2) is 50.5 Å². The number of para-hydroxylation sites is 2. The zero-order chi connectivity index (χ0) is 21.5. The van der Waals surface area contributed by atoms with Gasteiger partial charge in [0.15, 0.2) is 6.10 Å². The molecule has 3 N–H and O–H groups in total. The molecular formula is C22H26N4O4. The summed E-state index contributed by atoms with van der Waals surface area (Å²) in [7, 11) is 1.56. The maximum atomic E-state index is 12.6. The fraction of sp³-hybridized carbons (Fsp3) is 0.318. The summed E-state index contributed by atoms with van der Waals surface area (Å²) < 4.78 is 5.84. The summed E-state index contributed by atoms with van der Waals surface area (Å²) in [5.74, 6) is -0.0398. The number of carbonyl (C=O) groups excluding carboxylic acids is 3. The summed E-state index contributed by atoms with van der Waals surface area (Å²) in [5, 5.41) is 8.22. The Morgan fingerprint density at radius 3 is 2.53 bits per heavy atom. The normalized spacial score (nSPS) is 14.9. The maximum Gasteiger partial charge on any atom is 0.262 e. The van der Waals surface area contributed by atoms with Crippen molar-refractivity contribution in [3.63, 3.8) is 0 Å². The molecule has 0 saturated heterocycles. The van der Waals surface area contributed by atoms with Crippen LogP contribution in [0.3, 0.4) is 0 Å². The molecule has 2 aromatic carbocycles. The van der Waals surface area contributed by atoms with Gasteiger partial charge in [-0.2, -0.15) is 0 Å². The molecular weight excluding hydrogens is 384 g/mol. The number of fused-ring (bicyclic) bond motifs is 1. The summed E-state index contributed by atoms with van der Waals surface area (Å²) in [6.07, 6.45) is 0.144. The number of anilines is 2. The average molecular weight is 410 g/mol. The van der Waals surface area contributed by atoms with Gasteiger partial charge in [0.05, 0.1) is 18.8 Å². The number of hydrogen-bond donors (Lipinski definition) is 3. The molecule has 0 spiro atoms. The first-order chi connectivity index (χ1) is 14.5. The minimum atomic E-state index is -0.689. The van der Waals surface area contributed by atoms with Crippen LogP contribution in [0.2, 0.25) is 0 Å². The van der Waals surface area contributed by atoms with Crippen LogP contribution in [0.15, 0.2) is 48.5 Å². The van der Waals surface area contributed by atoms with Crippen molar-refractivity contribution in [2.45, 2.75) is 19.4 Å². The van der Waals surface area contributed by atoms with E-state index in [-0.39, 0.29) is 30.8 Å². The molecule has 8 heteroatoms. The van der Waals surface area contributed by atoms with Crippen LogP contribution in [-0.2, 0) is 9.59 Å². The average Bonchev–Trinajstić information content (AvgIpc) is 2.77. The lowest BCUT2D eigenvalue weighted by Gasteiger charge is -2.35. The molecule has 8 nitrogen and oxygen atoms in total. The van der Waals surface area contributed by atoms with Gasteiger partial charge in [-0.1, -0.05) is 19.1 Å². The van der Waals surface area contributed by atoms with Gasteiger partial charge in [0, 0.05) is 24.8 Å². The molecule has 3 amide bonds. The first-order valence-corrected chi connectivity index (χ1v) is 9.92. The van der Waals surface area contributed by atoms with Crippen molar-refractivity contribution in [1.29, 1.82) is 0 Å². The first kappa shape index (κ1) is 21.2. The van der Waals surface area contributed by atoms with E-state index in [4.69, 9.17) is 4.74 Å². The molecule has 1 atom stereocenters. The van der Waals surface area contributed by atoms with Crippen LogP contribution in [0.1, 0.15) is 23.7 Å². The lowest BCUT2D eigenvalue weighted by Crippen LogP contribution is -2.50. The summed E-state index contributed by atoms with van der Waals surface area (Å²) in [5.41, 5.74) is 1.87. The highest BCUT2D eigenvalue weighted by atomic mass is 16.5. The summed E-state index contributed by atoms with van der Waals surface area (Å²) in [6, 6.07) is 14.0. The van der Waals surface area contributed by atoms with Crippen molar-refractivity contribution in [1.82, 2.24) is 10.6 Å². The second kappa shape index (κ2) is 9.78. The molecule has 0 aliphatic carbocycles. The molecule has 30 heavy (non-hydrogen) atoms. The molecule has 1 aliphatic rings. The van der Waals surface area contributed by atoms with Crippen molar-refractivity contribution >= 4 is 29.1 Å². The second-order valence-electron chi connectivity index (χ2n) is 6.95. The molecule has 0 saturated carbocycles. The number of amides is 3. The van der Waals surface area contributed by atoms with Crippen molar-refractivity contribution < 1.29 is 19.1 Å². The maximum absolute atomic E-state index is 12.6. The van der Waals surface area contributed by atoms with E-state index in [0.717, 1.165) is 12.1 Å². The minimum Gasteiger partial charge on any atom is -0.477 e. The van der Waals surface area contributed by atoms with Crippen LogP contribution in [0.5, 0.6) is 5.75 Å². The number of carbonyl (C=O) groups is 3. The highest BCUT2D eigenvalue weighted by Crippen LogP contribution is 2.33. The molecule has 158 valence electrons. The Kier molecular flexibility index (Phi) is 6.90. The Bertz CT molecular complexity index is 914. The van der Waals surface area contributed by atoms with E-state index in [1.54, 1.807) is 37.4 Å². The smallest absolute Gasteiger partial charge is 0.262 e. The standard InChI is InChI=1S/C22H26N4O4/c1-3-12-24-22(29)19-13-26(17-6-4-5-7-18(17)30-19)14-20(27)25-16-10-8-15(9-11-16)21(28)23-2/h4-11,19H,3,12-14H2,1-2H3,(H,23,28)(H,24,29)(H,25,27)/t19-/m1/s1. The SMILES string of the molecule is CCCNC(=O)[C@H]1CN(CC(=O)Nc2ccc(C(=O)NC)cc2)c2ccccc2O1. The minimum absolute atomic E-state index is 0.0646. The Hall–Kier alpha value is -3.55. The van der Waals surface area contributed by atoms with E-state index in [2.05, 4.69) is 16.0 Å². The zero-order valence-electron chi connectivity index (χ0n) is 17.1. The van der Waals surface area contributed by atoms with Gasteiger partial charge in [-0.3, -0.25) is 14.4 Å². The van der Waals surface area contributed by atoms with E-state index >= 15 is 0 Å². The molecule has 0 fully saturated rings. The van der Waals surface area contributed by atoms with Gasteiger partial charge in [-0.25, -0.2) is 0 Å². The van der Waals surface area contributed by atoms with Gasteiger partial charge in [-0.15, -0.1) is 0 Å². The van der Waals surface area contributed by atoms with Gasteiger partial charge in [-0.05, 0) is 42.8 Å². The molecule has 1 heterocycles. The van der Waals surface area contributed by atoms with Crippen LogP contribution in [0.4, 0.5) is 11.4 Å². The third-order valence-corrected chi connectivity index (χ3v) is 4.70. The monoisotopic (exact) mass is 410 g/mol. The molecule has 1 aliphatic heterocycles. The summed E-state index contributed by atoms with van der Waals surface area (Å²) >= 11 is 0. The molecule has 0 bridgehead atoms. The van der Waals surface area contributed by atoms with Crippen molar-refractivity contribution in [3.8, 4) is 5.75 Å². The molecule has 0 radical (unpaired) electrons. The Morgan fingerprint density at radius 2 is 1.83 bits per heavy atom. The third-order valence-electron chi connectivity index (χ3n) is 4.70.